The predicted octanol–water partition coefficient (Wildman–Crippen LogP) is 6.56. The maximum atomic E-state index is 13.6. The van der Waals surface area contributed by atoms with Crippen molar-refractivity contribution < 1.29 is 26.7 Å². The van der Waals surface area contributed by atoms with Crippen molar-refractivity contribution in [2.24, 2.45) is 5.10 Å². The lowest BCUT2D eigenvalue weighted by atomic mass is 10.1. The summed E-state index contributed by atoms with van der Waals surface area (Å²) in [4.78, 5) is 0. The van der Waals surface area contributed by atoms with E-state index in [1.54, 1.807) is 24.3 Å². The van der Waals surface area contributed by atoms with Crippen LogP contribution in [-0.4, -0.2) is 6.21 Å². The summed E-state index contributed by atoms with van der Waals surface area (Å²) in [7, 11) is 0. The molecule has 162 valence electrons. The Morgan fingerprint density at radius 2 is 1.34 bits per heavy atom. The van der Waals surface area contributed by atoms with Crippen LogP contribution >= 0.6 is 0 Å². The van der Waals surface area contributed by atoms with Gasteiger partial charge in [-0.25, -0.2) is 22.0 Å². The number of nitrogens with one attached hydrogen (secondary N) is 1. The van der Waals surface area contributed by atoms with Crippen molar-refractivity contribution >= 4 is 22.7 Å². The average Bonchev–Trinajstić information content (AvgIpc) is 2.83. The van der Waals surface area contributed by atoms with Crippen LogP contribution < -0.4 is 10.2 Å². The molecule has 0 amide bonds. The molecule has 0 atom stereocenters. The monoisotopic (exact) mass is 442 g/mol. The minimum Gasteiger partial charge on any atom is -0.489 e. The molecule has 4 rings (SSSR count). The van der Waals surface area contributed by atoms with Gasteiger partial charge in [-0.1, -0.05) is 36.4 Å². The predicted molar refractivity (Wildman–Crippen MR) is 112 cm³/mol. The summed E-state index contributed by atoms with van der Waals surface area (Å²) in [5, 5.41) is 5.80. The molecule has 0 bridgehead atoms. The van der Waals surface area contributed by atoms with E-state index >= 15 is 0 Å². The van der Waals surface area contributed by atoms with Gasteiger partial charge >= 0.3 is 0 Å². The normalized spacial score (nSPS) is 11.3. The second-order valence-corrected chi connectivity index (χ2v) is 6.85. The molecule has 0 spiro atoms. The molecule has 0 radical (unpaired) electrons. The third-order valence-corrected chi connectivity index (χ3v) is 4.70. The lowest BCUT2D eigenvalue weighted by Crippen LogP contribution is -2.06. The van der Waals surface area contributed by atoms with Gasteiger partial charge in [0.25, 0.3) is 0 Å². The first-order chi connectivity index (χ1) is 15.4. The number of rotatable bonds is 6. The fraction of sp³-hybridized carbons (Fsp3) is 0.0417. The second kappa shape index (κ2) is 9.05. The van der Waals surface area contributed by atoms with Crippen molar-refractivity contribution in [2.75, 3.05) is 5.43 Å². The number of hydrogen-bond acceptors (Lipinski definition) is 3. The summed E-state index contributed by atoms with van der Waals surface area (Å²) in [6.07, 6.45) is 1.17. The Hall–Kier alpha value is -3.94. The highest BCUT2D eigenvalue weighted by Crippen LogP contribution is 2.27. The summed E-state index contributed by atoms with van der Waals surface area (Å²) in [5.41, 5.74) is 2.14. The summed E-state index contributed by atoms with van der Waals surface area (Å²) < 4.78 is 72.5. The molecule has 8 heteroatoms. The number of nitrogens with zero attached hydrogens (tertiary/aromatic N) is 1. The van der Waals surface area contributed by atoms with Crippen LogP contribution in [0.3, 0.4) is 0 Å². The van der Waals surface area contributed by atoms with E-state index in [0.717, 1.165) is 16.3 Å². The van der Waals surface area contributed by atoms with Gasteiger partial charge in [0, 0.05) is 0 Å². The Morgan fingerprint density at radius 3 is 2.03 bits per heavy atom. The van der Waals surface area contributed by atoms with Crippen molar-refractivity contribution in [3.63, 3.8) is 0 Å². The number of benzene rings is 4. The van der Waals surface area contributed by atoms with Crippen LogP contribution in [0, 0.1) is 29.1 Å². The van der Waals surface area contributed by atoms with Crippen LogP contribution in [0.5, 0.6) is 5.75 Å². The number of hydrazone groups is 1. The van der Waals surface area contributed by atoms with Crippen molar-refractivity contribution in [2.45, 2.75) is 6.61 Å². The standard InChI is InChI=1S/C24H15F5N2O/c25-19-20(26)22(28)24(23(29)21(19)27)31-30-12-14-6-9-18(10-7-14)32-13-15-5-8-16-3-1-2-4-17(16)11-15/h1-12,31H,13H2/b30-12-. The molecular formula is C24H15F5N2O. The maximum absolute atomic E-state index is 13.6. The zero-order valence-electron chi connectivity index (χ0n) is 16.4. The average molecular weight is 442 g/mol. The first kappa shape index (κ1) is 21.3. The molecule has 0 aliphatic rings. The van der Waals surface area contributed by atoms with Gasteiger partial charge in [0.15, 0.2) is 23.3 Å². The molecule has 0 saturated carbocycles. The molecule has 4 aromatic carbocycles. The minimum atomic E-state index is -2.23. The van der Waals surface area contributed by atoms with Crippen molar-refractivity contribution in [3.8, 4) is 5.75 Å². The summed E-state index contributed by atoms with van der Waals surface area (Å²) in [6, 6.07) is 20.6. The molecule has 0 fully saturated rings. The Bertz CT molecular complexity index is 1280. The Labute approximate surface area is 179 Å². The highest BCUT2D eigenvalue weighted by molar-refractivity contribution is 5.83. The zero-order chi connectivity index (χ0) is 22.7. The van der Waals surface area contributed by atoms with Crippen LogP contribution in [-0.2, 0) is 6.61 Å². The molecular weight excluding hydrogens is 427 g/mol. The molecule has 32 heavy (non-hydrogen) atoms. The molecule has 0 aromatic heterocycles. The number of ether oxygens (including phenoxy) is 1. The highest BCUT2D eigenvalue weighted by atomic mass is 19.2. The summed E-state index contributed by atoms with van der Waals surface area (Å²) in [6.45, 7) is 0.361. The molecule has 1 N–H and O–H groups in total. The molecule has 0 aliphatic heterocycles. The van der Waals surface area contributed by atoms with E-state index in [4.69, 9.17) is 4.74 Å². The van der Waals surface area contributed by atoms with Crippen LogP contribution in [0.15, 0.2) is 71.8 Å². The SMILES string of the molecule is Fc1c(F)c(F)c(N/N=C\c2ccc(OCc3ccc4ccccc4c3)cc2)c(F)c1F. The van der Waals surface area contributed by atoms with Gasteiger partial charge in [-0.15, -0.1) is 0 Å². The van der Waals surface area contributed by atoms with Crippen LogP contribution in [0.4, 0.5) is 27.6 Å². The lowest BCUT2D eigenvalue weighted by Gasteiger charge is -2.08. The fourth-order valence-corrected chi connectivity index (χ4v) is 3.02. The summed E-state index contributed by atoms with van der Waals surface area (Å²) in [5.74, 6) is -9.71. The molecule has 0 saturated heterocycles. The van der Waals surface area contributed by atoms with Gasteiger partial charge in [-0.2, -0.15) is 5.10 Å². The lowest BCUT2D eigenvalue weighted by molar-refractivity contribution is 0.306. The number of anilines is 1. The van der Waals surface area contributed by atoms with Crippen LogP contribution in [0.1, 0.15) is 11.1 Å². The quantitative estimate of drug-likeness (QED) is 0.121. The third-order valence-electron chi connectivity index (χ3n) is 4.70. The van der Waals surface area contributed by atoms with E-state index in [-0.39, 0.29) is 0 Å². The van der Waals surface area contributed by atoms with E-state index in [0.29, 0.717) is 17.9 Å². The zero-order valence-corrected chi connectivity index (χ0v) is 16.4. The minimum absolute atomic E-state index is 0.361. The molecule has 0 heterocycles. The first-order valence-corrected chi connectivity index (χ1v) is 9.45. The van der Waals surface area contributed by atoms with E-state index in [9.17, 15) is 22.0 Å². The van der Waals surface area contributed by atoms with E-state index < -0.39 is 34.8 Å². The van der Waals surface area contributed by atoms with Gasteiger partial charge in [0.05, 0.1) is 6.21 Å². The molecule has 0 aliphatic carbocycles. The molecule has 0 unspecified atom stereocenters. The second-order valence-electron chi connectivity index (χ2n) is 6.85. The van der Waals surface area contributed by atoms with Gasteiger partial charge in [0.1, 0.15) is 18.0 Å². The van der Waals surface area contributed by atoms with Gasteiger partial charge in [-0.3, -0.25) is 5.43 Å². The molecule has 3 nitrogen and oxygen atoms in total. The maximum Gasteiger partial charge on any atom is 0.200 e. The first-order valence-electron chi connectivity index (χ1n) is 9.45. The van der Waals surface area contributed by atoms with E-state index in [1.807, 2.05) is 47.9 Å². The van der Waals surface area contributed by atoms with Crippen molar-refractivity contribution in [1.82, 2.24) is 0 Å². The van der Waals surface area contributed by atoms with Gasteiger partial charge in [-0.05, 0) is 52.2 Å². The topological polar surface area (TPSA) is 33.6 Å². The smallest absolute Gasteiger partial charge is 0.200 e. The summed E-state index contributed by atoms with van der Waals surface area (Å²) >= 11 is 0. The number of halogens is 5. The van der Waals surface area contributed by atoms with Crippen molar-refractivity contribution in [3.05, 3.63) is 107 Å². The van der Waals surface area contributed by atoms with Gasteiger partial charge < -0.3 is 4.74 Å². The highest BCUT2D eigenvalue weighted by Gasteiger charge is 2.25. The third kappa shape index (κ3) is 4.39. The van der Waals surface area contributed by atoms with Crippen LogP contribution in [0.2, 0.25) is 0 Å². The van der Waals surface area contributed by atoms with E-state index in [2.05, 4.69) is 5.10 Å². The Kier molecular flexibility index (Phi) is 6.02. The fourth-order valence-electron chi connectivity index (χ4n) is 3.02. The van der Waals surface area contributed by atoms with E-state index in [1.165, 1.54) is 6.21 Å². The number of fused-ring (bicyclic) bond motifs is 1. The molecule has 4 aromatic rings. The largest absolute Gasteiger partial charge is 0.489 e. The van der Waals surface area contributed by atoms with Gasteiger partial charge in [0.2, 0.25) is 5.82 Å². The van der Waals surface area contributed by atoms with Crippen LogP contribution in [0.25, 0.3) is 10.8 Å². The Balaban J connectivity index is 1.39. The number of hydrogen-bond donors (Lipinski definition) is 1. The Morgan fingerprint density at radius 1 is 0.719 bits per heavy atom. The van der Waals surface area contributed by atoms with Crippen molar-refractivity contribution in [1.29, 1.82) is 0 Å².